The Bertz CT molecular complexity index is 938. The van der Waals surface area contributed by atoms with Gasteiger partial charge in [0, 0.05) is 5.56 Å². The van der Waals surface area contributed by atoms with Crippen molar-refractivity contribution in [2.24, 2.45) is 0 Å². The summed E-state index contributed by atoms with van der Waals surface area (Å²) < 4.78 is 6.02. The van der Waals surface area contributed by atoms with Gasteiger partial charge in [-0.2, -0.15) is 5.26 Å². The molecule has 1 aliphatic rings. The second kappa shape index (κ2) is 6.94. The van der Waals surface area contributed by atoms with Gasteiger partial charge in [0.1, 0.15) is 28.4 Å². The first-order valence-corrected chi connectivity index (χ1v) is 8.24. The maximum atomic E-state index is 9.86. The molecule has 0 aliphatic heterocycles. The zero-order valence-electron chi connectivity index (χ0n) is 13.3. The van der Waals surface area contributed by atoms with E-state index in [0.717, 1.165) is 19.3 Å². The van der Waals surface area contributed by atoms with Gasteiger partial charge in [-0.3, -0.25) is 0 Å². The molecule has 0 saturated heterocycles. The lowest BCUT2D eigenvalue weighted by molar-refractivity contribution is 0.0604. The molecule has 6 nitrogen and oxygen atoms in total. The van der Waals surface area contributed by atoms with Crippen LogP contribution in [0.25, 0.3) is 16.0 Å². The lowest BCUT2D eigenvalue weighted by Gasteiger charge is -2.17. The molecule has 1 aromatic carbocycles. The smallest absolute Gasteiger partial charge is 0.234 e. The topological polar surface area (TPSA) is 99.4 Å². The maximum absolute atomic E-state index is 9.86. The second-order valence-corrected chi connectivity index (χ2v) is 6.28. The molecule has 0 unspecified atom stereocenters. The number of nitrogens with two attached hydrogens (primary N) is 1. The largest absolute Gasteiger partial charge is 0.488 e. The highest BCUT2D eigenvalue weighted by atomic mass is 32.1. The summed E-state index contributed by atoms with van der Waals surface area (Å²) in [6, 6.07) is 9.07. The molecule has 0 radical (unpaired) electrons. The van der Waals surface area contributed by atoms with E-state index < -0.39 is 6.10 Å². The quantitative estimate of drug-likeness (QED) is 0.578. The Morgan fingerprint density at radius 3 is 2.64 bits per heavy atom. The van der Waals surface area contributed by atoms with Gasteiger partial charge in [-0.05, 0) is 37.0 Å². The SMILES string of the molecule is [C-]#[N+]c1c(N)[nH]c(=S)c(C#N)c1-c1ccc(O[C@H]2CCC[C@@H]2O)cc1. The van der Waals surface area contributed by atoms with E-state index in [1.54, 1.807) is 24.3 Å². The third kappa shape index (κ3) is 3.20. The van der Waals surface area contributed by atoms with E-state index in [1.807, 2.05) is 6.07 Å². The van der Waals surface area contributed by atoms with Crippen molar-refractivity contribution in [3.05, 3.63) is 45.9 Å². The number of H-pyrrole nitrogens is 1. The summed E-state index contributed by atoms with van der Waals surface area (Å²) in [5, 5.41) is 19.3. The molecule has 0 bridgehead atoms. The molecular formula is C18H16N4O2S. The molecule has 1 fully saturated rings. The fourth-order valence-electron chi connectivity index (χ4n) is 3.03. The lowest BCUT2D eigenvalue weighted by atomic mass is 10.00. The van der Waals surface area contributed by atoms with Gasteiger partial charge < -0.3 is 20.6 Å². The average Bonchev–Trinajstić information content (AvgIpc) is 3.00. The zero-order valence-corrected chi connectivity index (χ0v) is 14.1. The van der Waals surface area contributed by atoms with Crippen LogP contribution in [0.1, 0.15) is 24.8 Å². The Balaban J connectivity index is 1.99. The molecule has 2 atom stereocenters. The van der Waals surface area contributed by atoms with Crippen LogP contribution in [-0.4, -0.2) is 22.3 Å². The number of aromatic nitrogens is 1. The van der Waals surface area contributed by atoms with Crippen LogP contribution in [0, 0.1) is 22.5 Å². The van der Waals surface area contributed by atoms with Crippen molar-refractivity contribution in [3.8, 4) is 22.9 Å². The number of ether oxygens (including phenoxy) is 1. The van der Waals surface area contributed by atoms with Crippen LogP contribution < -0.4 is 10.5 Å². The number of hydrogen-bond acceptors (Lipinski definition) is 5. The predicted molar refractivity (Wildman–Crippen MR) is 96.7 cm³/mol. The van der Waals surface area contributed by atoms with Crippen LogP contribution in [0.3, 0.4) is 0 Å². The number of nitriles is 1. The van der Waals surface area contributed by atoms with Crippen molar-refractivity contribution >= 4 is 23.7 Å². The Labute approximate surface area is 150 Å². The molecule has 4 N–H and O–H groups in total. The number of nitrogens with zero attached hydrogens (tertiary/aromatic N) is 2. The average molecular weight is 352 g/mol. The van der Waals surface area contributed by atoms with Crippen molar-refractivity contribution in [1.82, 2.24) is 4.98 Å². The predicted octanol–water partition coefficient (Wildman–Crippen LogP) is 3.71. The molecule has 1 heterocycles. The molecule has 126 valence electrons. The second-order valence-electron chi connectivity index (χ2n) is 5.87. The highest BCUT2D eigenvalue weighted by Crippen LogP contribution is 2.38. The van der Waals surface area contributed by atoms with Crippen LogP contribution >= 0.6 is 12.2 Å². The third-order valence-electron chi connectivity index (χ3n) is 4.29. The Morgan fingerprint density at radius 1 is 1.36 bits per heavy atom. The van der Waals surface area contributed by atoms with Crippen molar-refractivity contribution in [1.29, 1.82) is 5.26 Å². The number of aliphatic hydroxyl groups is 1. The van der Waals surface area contributed by atoms with Gasteiger partial charge in [0.05, 0.1) is 18.2 Å². The number of hydrogen-bond donors (Lipinski definition) is 3. The van der Waals surface area contributed by atoms with Crippen molar-refractivity contribution in [2.45, 2.75) is 31.5 Å². The highest BCUT2D eigenvalue weighted by molar-refractivity contribution is 7.71. The molecule has 7 heteroatoms. The van der Waals surface area contributed by atoms with Crippen LogP contribution in [0.2, 0.25) is 0 Å². The number of anilines is 1. The van der Waals surface area contributed by atoms with Gasteiger partial charge in [0.15, 0.2) is 0 Å². The van der Waals surface area contributed by atoms with Gasteiger partial charge in [0.25, 0.3) is 0 Å². The minimum absolute atomic E-state index is 0.142. The van der Waals surface area contributed by atoms with Crippen molar-refractivity contribution in [2.75, 3.05) is 5.73 Å². The van der Waals surface area contributed by atoms with Gasteiger partial charge >= 0.3 is 0 Å². The van der Waals surface area contributed by atoms with E-state index in [0.29, 0.717) is 16.9 Å². The van der Waals surface area contributed by atoms with E-state index in [2.05, 4.69) is 9.83 Å². The Kier molecular flexibility index (Phi) is 4.71. The molecule has 1 saturated carbocycles. The minimum Gasteiger partial charge on any atom is -0.488 e. The summed E-state index contributed by atoms with van der Waals surface area (Å²) >= 11 is 5.15. The molecule has 2 aromatic rings. The molecule has 1 aromatic heterocycles. The highest BCUT2D eigenvalue weighted by Gasteiger charge is 2.27. The van der Waals surface area contributed by atoms with Crippen LogP contribution in [0.15, 0.2) is 24.3 Å². The Morgan fingerprint density at radius 2 is 2.08 bits per heavy atom. The molecule has 0 spiro atoms. The molecule has 0 amide bonds. The first kappa shape index (κ1) is 17.0. The Hall–Kier alpha value is -2.87. The molecule has 25 heavy (non-hydrogen) atoms. The van der Waals surface area contributed by atoms with Crippen LogP contribution in [-0.2, 0) is 0 Å². The number of aromatic amines is 1. The van der Waals surface area contributed by atoms with E-state index >= 15 is 0 Å². The van der Waals surface area contributed by atoms with E-state index in [-0.39, 0.29) is 27.8 Å². The summed E-state index contributed by atoms with van der Waals surface area (Å²) in [5.74, 6) is 0.773. The van der Waals surface area contributed by atoms with Gasteiger partial charge in [0.2, 0.25) is 5.69 Å². The first-order chi connectivity index (χ1) is 12.0. The summed E-state index contributed by atoms with van der Waals surface area (Å²) in [5.41, 5.74) is 7.32. The minimum atomic E-state index is -0.439. The summed E-state index contributed by atoms with van der Waals surface area (Å²) in [4.78, 5) is 6.13. The third-order valence-corrected chi connectivity index (χ3v) is 4.60. The number of nitrogen functional groups attached to an aromatic ring is 1. The maximum Gasteiger partial charge on any atom is 0.234 e. The molecule has 1 aliphatic carbocycles. The number of nitrogens with one attached hydrogen (secondary N) is 1. The number of rotatable bonds is 3. The number of aliphatic hydroxyl groups excluding tert-OH is 1. The summed E-state index contributed by atoms with van der Waals surface area (Å²) in [7, 11) is 0. The summed E-state index contributed by atoms with van der Waals surface area (Å²) in [6.07, 6.45) is 1.90. The van der Waals surface area contributed by atoms with Gasteiger partial charge in [-0.1, -0.05) is 24.4 Å². The van der Waals surface area contributed by atoms with Crippen LogP contribution in [0.5, 0.6) is 5.75 Å². The molecule has 3 rings (SSSR count). The fourth-order valence-corrected chi connectivity index (χ4v) is 3.29. The summed E-state index contributed by atoms with van der Waals surface area (Å²) in [6.45, 7) is 7.36. The number of benzene rings is 1. The fraction of sp³-hybridized carbons (Fsp3) is 0.278. The number of pyridine rings is 1. The van der Waals surface area contributed by atoms with Gasteiger partial charge in [-0.15, -0.1) is 0 Å². The van der Waals surface area contributed by atoms with Crippen molar-refractivity contribution < 1.29 is 9.84 Å². The zero-order chi connectivity index (χ0) is 18.0. The lowest BCUT2D eigenvalue weighted by Crippen LogP contribution is -2.25. The monoisotopic (exact) mass is 352 g/mol. The first-order valence-electron chi connectivity index (χ1n) is 7.83. The van der Waals surface area contributed by atoms with E-state index in [1.165, 1.54) is 0 Å². The standard InChI is InChI=1S/C18H16N4O2S/c1-21-16-15(12(9-19)18(25)22-17(16)20)10-5-7-11(8-6-10)24-14-4-2-3-13(14)23/h5-8,13-14,23H,2-4H2,(H3,20,22,25)/t13-,14-/m0/s1. The van der Waals surface area contributed by atoms with Crippen LogP contribution in [0.4, 0.5) is 11.5 Å². The molecular weight excluding hydrogens is 336 g/mol. The van der Waals surface area contributed by atoms with E-state index in [9.17, 15) is 10.4 Å². The van der Waals surface area contributed by atoms with Crippen molar-refractivity contribution in [3.63, 3.8) is 0 Å². The van der Waals surface area contributed by atoms with E-state index in [4.69, 9.17) is 29.3 Å². The van der Waals surface area contributed by atoms with Gasteiger partial charge in [-0.25, -0.2) is 4.85 Å². The normalized spacial score (nSPS) is 19.2.